The van der Waals surface area contributed by atoms with Crippen molar-refractivity contribution in [3.05, 3.63) is 32.5 Å². The second kappa shape index (κ2) is 5.67. The molecule has 1 aliphatic rings. The summed E-state index contributed by atoms with van der Waals surface area (Å²) in [5, 5.41) is 3.43. The number of fused-ring (bicyclic) bond motifs is 2. The summed E-state index contributed by atoms with van der Waals surface area (Å²) in [4.78, 5) is 31.4. The van der Waals surface area contributed by atoms with E-state index in [9.17, 15) is 14.0 Å². The third kappa shape index (κ3) is 2.15. The van der Waals surface area contributed by atoms with Crippen LogP contribution >= 0.6 is 11.5 Å². The zero-order valence-electron chi connectivity index (χ0n) is 13.1. The molecule has 126 valence electrons. The van der Waals surface area contributed by atoms with Gasteiger partial charge < -0.3 is 14.8 Å². The van der Waals surface area contributed by atoms with E-state index in [0.29, 0.717) is 30.1 Å². The van der Waals surface area contributed by atoms with Crippen LogP contribution in [0.1, 0.15) is 6.92 Å². The summed E-state index contributed by atoms with van der Waals surface area (Å²) in [5.41, 5.74) is -0.485. The highest BCUT2D eigenvalue weighted by Gasteiger charge is 2.21. The highest BCUT2D eigenvalue weighted by atomic mass is 32.1. The molecule has 1 aliphatic heterocycles. The smallest absolute Gasteiger partial charge is 0.271 e. The summed E-state index contributed by atoms with van der Waals surface area (Å²) in [6.07, 6.45) is 0. The molecule has 3 aromatic rings. The Kier molecular flexibility index (Phi) is 3.61. The normalized spacial score (nSPS) is 15.5. The molecular formula is C15H16FN5O2S. The summed E-state index contributed by atoms with van der Waals surface area (Å²) in [7, 11) is 0. The Labute approximate surface area is 139 Å². The molecule has 0 aliphatic carbocycles. The summed E-state index contributed by atoms with van der Waals surface area (Å²) in [6.45, 7) is 5.28. The van der Waals surface area contributed by atoms with Gasteiger partial charge in [0.1, 0.15) is 15.9 Å². The number of pyridine rings is 2. The van der Waals surface area contributed by atoms with E-state index in [2.05, 4.69) is 14.7 Å². The van der Waals surface area contributed by atoms with Gasteiger partial charge in [-0.05, 0) is 24.5 Å². The van der Waals surface area contributed by atoms with Gasteiger partial charge in [-0.1, -0.05) is 0 Å². The van der Waals surface area contributed by atoms with Crippen molar-refractivity contribution in [3.63, 3.8) is 0 Å². The van der Waals surface area contributed by atoms with Crippen LogP contribution in [0.15, 0.2) is 15.7 Å². The van der Waals surface area contributed by atoms with Crippen LogP contribution in [0.25, 0.3) is 21.3 Å². The fourth-order valence-electron chi connectivity index (χ4n) is 3.15. The fourth-order valence-corrected chi connectivity index (χ4v) is 4.05. The van der Waals surface area contributed by atoms with Crippen molar-refractivity contribution in [3.8, 4) is 0 Å². The van der Waals surface area contributed by atoms with Gasteiger partial charge in [-0.25, -0.2) is 9.37 Å². The van der Waals surface area contributed by atoms with Crippen LogP contribution in [-0.4, -0.2) is 40.1 Å². The summed E-state index contributed by atoms with van der Waals surface area (Å²) < 4.78 is 19.0. The van der Waals surface area contributed by atoms with Crippen molar-refractivity contribution >= 4 is 38.6 Å². The molecule has 1 fully saturated rings. The number of aromatic nitrogens is 3. The predicted molar refractivity (Wildman–Crippen MR) is 92.7 cm³/mol. The van der Waals surface area contributed by atoms with Crippen molar-refractivity contribution in [1.82, 2.24) is 19.2 Å². The lowest BCUT2D eigenvalue weighted by atomic mass is 10.2. The minimum Gasteiger partial charge on any atom is -0.352 e. The Balaban J connectivity index is 2.07. The second-order valence-corrected chi connectivity index (χ2v) is 6.48. The topological polar surface area (TPSA) is 83.0 Å². The number of nitrogens with zero attached hydrogens (tertiary/aromatic N) is 3. The molecule has 24 heavy (non-hydrogen) atoms. The van der Waals surface area contributed by atoms with Crippen LogP contribution in [0.4, 0.5) is 10.2 Å². The largest absolute Gasteiger partial charge is 0.352 e. The molecule has 0 unspecified atom stereocenters. The van der Waals surface area contributed by atoms with Gasteiger partial charge >= 0.3 is 0 Å². The Bertz CT molecular complexity index is 1050. The lowest BCUT2D eigenvalue weighted by molar-refractivity contribution is 0.559. The minimum absolute atomic E-state index is 0.0745. The fraction of sp³-hybridized carbons (Fsp3) is 0.400. The molecule has 1 saturated heterocycles. The first-order valence-corrected chi connectivity index (χ1v) is 8.63. The monoisotopic (exact) mass is 349 g/mol. The van der Waals surface area contributed by atoms with E-state index in [1.165, 1.54) is 6.07 Å². The number of anilines is 1. The van der Waals surface area contributed by atoms with E-state index in [1.807, 2.05) is 11.8 Å². The molecule has 0 radical (unpaired) electrons. The zero-order valence-corrected chi connectivity index (χ0v) is 13.9. The van der Waals surface area contributed by atoms with Gasteiger partial charge in [0.05, 0.1) is 5.39 Å². The summed E-state index contributed by atoms with van der Waals surface area (Å²) in [6, 6.07) is 1.21. The summed E-state index contributed by atoms with van der Waals surface area (Å²) >= 11 is 1.11. The molecule has 0 saturated carbocycles. The Morgan fingerprint density at radius 3 is 2.79 bits per heavy atom. The molecule has 0 amide bonds. The maximum Gasteiger partial charge on any atom is 0.271 e. The Hall–Kier alpha value is -2.26. The third-order valence-corrected chi connectivity index (χ3v) is 5.23. The molecule has 9 heteroatoms. The van der Waals surface area contributed by atoms with E-state index in [0.717, 1.165) is 24.6 Å². The molecule has 0 bridgehead atoms. The number of H-pyrrole nitrogens is 1. The average molecular weight is 349 g/mol. The lowest BCUT2D eigenvalue weighted by Crippen LogP contribution is -2.44. The number of rotatable bonds is 2. The molecule has 2 N–H and O–H groups in total. The average Bonchev–Trinajstić information content (AvgIpc) is 2.98. The lowest BCUT2D eigenvalue weighted by Gasteiger charge is -2.29. The van der Waals surface area contributed by atoms with Gasteiger partial charge in [0, 0.05) is 32.7 Å². The number of aryl methyl sites for hydroxylation is 1. The van der Waals surface area contributed by atoms with Crippen LogP contribution < -0.4 is 21.2 Å². The highest BCUT2D eigenvalue weighted by molar-refractivity contribution is 7.12. The van der Waals surface area contributed by atoms with E-state index < -0.39 is 16.8 Å². The SMILES string of the molecule is CCn1c2nc(N3CCNCC3)c(F)cc2c(=O)c2c(=O)[nH]sc21. The first kappa shape index (κ1) is 15.3. The minimum atomic E-state index is -0.532. The van der Waals surface area contributed by atoms with E-state index in [-0.39, 0.29) is 16.6 Å². The van der Waals surface area contributed by atoms with Gasteiger partial charge in [0.2, 0.25) is 5.43 Å². The number of piperazine rings is 1. The quantitative estimate of drug-likeness (QED) is 0.717. The third-order valence-electron chi connectivity index (χ3n) is 4.32. The van der Waals surface area contributed by atoms with Crippen molar-refractivity contribution < 1.29 is 4.39 Å². The molecule has 7 nitrogen and oxygen atoms in total. The van der Waals surface area contributed by atoms with Gasteiger partial charge in [-0.3, -0.25) is 14.0 Å². The summed E-state index contributed by atoms with van der Waals surface area (Å²) in [5.74, 6) is -0.275. The number of halogens is 1. The molecule has 0 spiro atoms. The van der Waals surface area contributed by atoms with Crippen molar-refractivity contribution in [2.24, 2.45) is 0 Å². The van der Waals surface area contributed by atoms with Crippen molar-refractivity contribution in [1.29, 1.82) is 0 Å². The zero-order chi connectivity index (χ0) is 16.8. The molecular weight excluding hydrogens is 333 g/mol. The molecule has 0 aromatic carbocycles. The van der Waals surface area contributed by atoms with Gasteiger partial charge in [-0.15, -0.1) is 0 Å². The van der Waals surface area contributed by atoms with Crippen molar-refractivity contribution in [2.45, 2.75) is 13.5 Å². The Morgan fingerprint density at radius 2 is 2.08 bits per heavy atom. The van der Waals surface area contributed by atoms with E-state index >= 15 is 0 Å². The van der Waals surface area contributed by atoms with E-state index in [4.69, 9.17) is 0 Å². The number of hydrogen-bond donors (Lipinski definition) is 2. The first-order chi connectivity index (χ1) is 11.6. The Morgan fingerprint density at radius 1 is 1.33 bits per heavy atom. The number of nitrogens with one attached hydrogen (secondary N) is 2. The van der Waals surface area contributed by atoms with Crippen molar-refractivity contribution in [2.75, 3.05) is 31.1 Å². The van der Waals surface area contributed by atoms with E-state index in [1.54, 1.807) is 4.57 Å². The maximum atomic E-state index is 14.6. The molecule has 3 aromatic heterocycles. The van der Waals surface area contributed by atoms with Gasteiger partial charge in [0.25, 0.3) is 5.56 Å². The number of hydrogen-bond acceptors (Lipinski definition) is 6. The van der Waals surface area contributed by atoms with Crippen LogP contribution in [0, 0.1) is 5.82 Å². The second-order valence-electron chi connectivity index (χ2n) is 5.69. The molecule has 0 atom stereocenters. The van der Waals surface area contributed by atoms with Crippen LogP contribution in [0.5, 0.6) is 0 Å². The first-order valence-electron chi connectivity index (χ1n) is 7.81. The van der Waals surface area contributed by atoms with Crippen LogP contribution in [0.2, 0.25) is 0 Å². The van der Waals surface area contributed by atoms with Gasteiger partial charge in [0.15, 0.2) is 11.6 Å². The van der Waals surface area contributed by atoms with Crippen LogP contribution in [-0.2, 0) is 6.54 Å². The molecule has 4 heterocycles. The molecule has 4 rings (SSSR count). The number of aromatic amines is 1. The maximum absolute atomic E-state index is 14.6. The van der Waals surface area contributed by atoms with Crippen LogP contribution in [0.3, 0.4) is 0 Å². The standard InChI is InChI=1S/C15H16FN5O2S/c1-2-21-12-8(11(22)10-14(23)19-24-15(10)21)7-9(16)13(18-12)20-5-3-17-4-6-20/h7,17H,2-6H2,1H3,(H,19,23). The highest BCUT2D eigenvalue weighted by Crippen LogP contribution is 2.24. The predicted octanol–water partition coefficient (Wildman–Crippen LogP) is 0.868. The van der Waals surface area contributed by atoms with Gasteiger partial charge in [-0.2, -0.15) is 0 Å².